The summed E-state index contributed by atoms with van der Waals surface area (Å²) in [5, 5.41) is 10.3. The van der Waals surface area contributed by atoms with E-state index >= 15 is 0 Å². The number of ether oxygens (including phenoxy) is 1. The maximum Gasteiger partial charge on any atom is 0.341 e. The number of halogens is 2. The fraction of sp³-hybridized carbons (Fsp3) is 0.188. The van der Waals surface area contributed by atoms with Crippen LogP contribution in [0, 0.1) is 0 Å². The number of rotatable bonds is 4. The van der Waals surface area contributed by atoms with Gasteiger partial charge in [0.15, 0.2) is 18.2 Å². The first-order chi connectivity index (χ1) is 11.3. The van der Waals surface area contributed by atoms with Gasteiger partial charge in [-0.15, -0.1) is 11.3 Å². The lowest BCUT2D eigenvalue weighted by Crippen LogP contribution is -2.33. The number of carbonyl (C=O) groups excluding carboxylic acids is 2. The maximum absolute atomic E-state index is 12.9. The predicted octanol–water partition coefficient (Wildman–Crippen LogP) is 3.86. The van der Waals surface area contributed by atoms with Crippen molar-refractivity contribution in [2.45, 2.75) is 12.3 Å². The number of fused-ring (bicyclic) bond motifs is 1. The molecule has 0 saturated heterocycles. The van der Waals surface area contributed by atoms with Crippen LogP contribution in [0.2, 0.25) is 10.0 Å². The largest absolute Gasteiger partial charge is 0.480 e. The Kier molecular flexibility index (Phi) is 4.15. The van der Waals surface area contributed by atoms with Crippen molar-refractivity contribution in [1.29, 1.82) is 0 Å². The van der Waals surface area contributed by atoms with Crippen molar-refractivity contribution in [1.82, 2.24) is 0 Å². The number of benzene rings is 1. The summed E-state index contributed by atoms with van der Waals surface area (Å²) in [6.07, 6.45) is 0. The Hall–Kier alpha value is -1.89. The lowest BCUT2D eigenvalue weighted by atomic mass is 9.83. The fourth-order valence-electron chi connectivity index (χ4n) is 2.66. The van der Waals surface area contributed by atoms with Gasteiger partial charge in [-0.3, -0.25) is 9.59 Å². The predicted molar refractivity (Wildman–Crippen MR) is 89.9 cm³/mol. The number of ketones is 2. The molecule has 1 aromatic heterocycles. The summed E-state index contributed by atoms with van der Waals surface area (Å²) in [7, 11) is 0. The van der Waals surface area contributed by atoms with Gasteiger partial charge in [0.25, 0.3) is 0 Å². The first-order valence-corrected chi connectivity index (χ1v) is 8.42. The van der Waals surface area contributed by atoms with Crippen molar-refractivity contribution in [3.63, 3.8) is 0 Å². The Morgan fingerprint density at radius 3 is 2.58 bits per heavy atom. The quantitative estimate of drug-likeness (QED) is 0.809. The molecule has 1 aliphatic carbocycles. The lowest BCUT2D eigenvalue weighted by Gasteiger charge is -2.18. The number of hydrogen-bond donors (Lipinski definition) is 1. The SMILES string of the molecule is CC1(c2cccs2)C(=O)c2cc(OCC(=O)O)c(Cl)c(Cl)c2C1=O. The molecule has 0 radical (unpaired) electrons. The van der Waals surface area contributed by atoms with Gasteiger partial charge >= 0.3 is 5.97 Å². The molecular weight excluding hydrogens is 375 g/mol. The van der Waals surface area contributed by atoms with Crippen LogP contribution in [0.15, 0.2) is 23.6 Å². The molecule has 0 saturated carbocycles. The Bertz CT molecular complexity index is 875. The molecule has 8 heteroatoms. The molecule has 0 fully saturated rings. The molecule has 1 aromatic carbocycles. The summed E-state index contributed by atoms with van der Waals surface area (Å²) in [6, 6.07) is 4.75. The summed E-state index contributed by atoms with van der Waals surface area (Å²) in [4.78, 5) is 37.0. The van der Waals surface area contributed by atoms with E-state index in [-0.39, 0.29) is 26.9 Å². The van der Waals surface area contributed by atoms with E-state index < -0.39 is 29.6 Å². The Morgan fingerprint density at radius 1 is 1.29 bits per heavy atom. The standard InChI is InChI=1S/C16H10Cl2O5S/c1-16(9-3-2-4-24-9)14(21)7-5-8(23-6-10(19)20)12(17)13(18)11(7)15(16)22/h2-5H,6H2,1H3,(H,19,20). The summed E-state index contributed by atoms with van der Waals surface area (Å²) in [5.74, 6) is -2.08. The van der Waals surface area contributed by atoms with E-state index in [0.717, 1.165) is 0 Å². The molecule has 1 unspecified atom stereocenters. The van der Waals surface area contributed by atoms with Crippen LogP contribution in [0.3, 0.4) is 0 Å². The zero-order chi connectivity index (χ0) is 17.6. The van der Waals surface area contributed by atoms with Gasteiger partial charge in [0.1, 0.15) is 16.2 Å². The Morgan fingerprint density at radius 2 is 2.00 bits per heavy atom. The molecule has 0 aliphatic heterocycles. The average molecular weight is 385 g/mol. The maximum atomic E-state index is 12.9. The van der Waals surface area contributed by atoms with Crippen LogP contribution in [0.1, 0.15) is 32.5 Å². The number of carbonyl (C=O) groups is 3. The molecule has 3 rings (SSSR count). The molecule has 5 nitrogen and oxygen atoms in total. The van der Waals surface area contributed by atoms with E-state index in [9.17, 15) is 14.4 Å². The topological polar surface area (TPSA) is 80.7 Å². The lowest BCUT2D eigenvalue weighted by molar-refractivity contribution is -0.139. The van der Waals surface area contributed by atoms with Crippen molar-refractivity contribution < 1.29 is 24.2 Å². The van der Waals surface area contributed by atoms with Gasteiger partial charge in [-0.05, 0) is 24.4 Å². The van der Waals surface area contributed by atoms with Crippen molar-refractivity contribution in [3.05, 3.63) is 49.6 Å². The van der Waals surface area contributed by atoms with Crippen LogP contribution in [0.4, 0.5) is 0 Å². The zero-order valence-corrected chi connectivity index (χ0v) is 14.6. The monoisotopic (exact) mass is 384 g/mol. The molecule has 124 valence electrons. The van der Waals surface area contributed by atoms with Crippen molar-refractivity contribution in [2.24, 2.45) is 0 Å². The minimum Gasteiger partial charge on any atom is -0.480 e. The van der Waals surface area contributed by atoms with Gasteiger partial charge in [-0.25, -0.2) is 4.79 Å². The first-order valence-electron chi connectivity index (χ1n) is 6.78. The van der Waals surface area contributed by atoms with Crippen molar-refractivity contribution in [2.75, 3.05) is 6.61 Å². The molecule has 1 atom stereocenters. The Balaban J connectivity index is 2.15. The summed E-state index contributed by atoms with van der Waals surface area (Å²) >= 11 is 13.6. The minimum atomic E-state index is -1.37. The second-order valence-corrected chi connectivity index (χ2v) is 7.07. The molecule has 2 aromatic rings. The van der Waals surface area contributed by atoms with E-state index in [0.29, 0.717) is 4.88 Å². The molecule has 0 spiro atoms. The normalized spacial score (nSPS) is 19.5. The van der Waals surface area contributed by atoms with Gasteiger partial charge in [0, 0.05) is 10.4 Å². The van der Waals surface area contributed by atoms with E-state index in [4.69, 9.17) is 33.0 Å². The summed E-state index contributed by atoms with van der Waals surface area (Å²) in [5.41, 5.74) is -1.23. The highest BCUT2D eigenvalue weighted by Crippen LogP contribution is 2.48. The number of Topliss-reactive ketones (excluding diaryl/α,β-unsaturated/α-hetero) is 2. The highest BCUT2D eigenvalue weighted by molar-refractivity contribution is 7.10. The number of thiophene rings is 1. The molecule has 0 bridgehead atoms. The van der Waals surface area contributed by atoms with Gasteiger partial charge in [0.05, 0.1) is 10.6 Å². The third kappa shape index (κ3) is 2.33. The molecule has 0 amide bonds. The molecular formula is C16H10Cl2O5S. The van der Waals surface area contributed by atoms with E-state index in [1.807, 2.05) is 0 Å². The Labute approximate surface area is 150 Å². The number of aliphatic carboxylic acids is 1. The average Bonchev–Trinajstić information content (AvgIpc) is 3.13. The van der Waals surface area contributed by atoms with Crippen LogP contribution in [0.5, 0.6) is 5.75 Å². The highest BCUT2D eigenvalue weighted by atomic mass is 35.5. The van der Waals surface area contributed by atoms with Gasteiger partial charge in [-0.1, -0.05) is 29.3 Å². The third-order valence-electron chi connectivity index (χ3n) is 3.92. The summed E-state index contributed by atoms with van der Waals surface area (Å²) in [6.45, 7) is 0.907. The van der Waals surface area contributed by atoms with E-state index in [1.165, 1.54) is 17.4 Å². The molecule has 1 heterocycles. The second kappa shape index (κ2) is 5.88. The second-order valence-electron chi connectivity index (χ2n) is 5.37. The van der Waals surface area contributed by atoms with Gasteiger partial charge in [-0.2, -0.15) is 0 Å². The third-order valence-corrected chi connectivity index (χ3v) is 5.86. The van der Waals surface area contributed by atoms with Crippen molar-refractivity contribution >= 4 is 52.1 Å². The number of carboxylic acids is 1. The van der Waals surface area contributed by atoms with Gasteiger partial charge in [0.2, 0.25) is 0 Å². The smallest absolute Gasteiger partial charge is 0.341 e. The van der Waals surface area contributed by atoms with E-state index in [1.54, 1.807) is 24.4 Å². The number of carboxylic acid groups (broad SMARTS) is 1. The van der Waals surface area contributed by atoms with Crippen molar-refractivity contribution in [3.8, 4) is 5.75 Å². The van der Waals surface area contributed by atoms with Crippen LogP contribution in [-0.4, -0.2) is 29.2 Å². The van der Waals surface area contributed by atoms with Crippen LogP contribution in [0.25, 0.3) is 0 Å². The molecule has 24 heavy (non-hydrogen) atoms. The van der Waals surface area contributed by atoms with Gasteiger partial charge < -0.3 is 9.84 Å². The fourth-order valence-corrected chi connectivity index (χ4v) is 4.02. The highest BCUT2D eigenvalue weighted by Gasteiger charge is 2.53. The molecule has 1 N–H and O–H groups in total. The van der Waals surface area contributed by atoms with Crippen LogP contribution in [-0.2, 0) is 10.2 Å². The number of hydrogen-bond acceptors (Lipinski definition) is 5. The summed E-state index contributed by atoms with van der Waals surface area (Å²) < 4.78 is 5.07. The first kappa shape index (κ1) is 17.0. The minimum absolute atomic E-state index is 0.0422. The van der Waals surface area contributed by atoms with Crippen LogP contribution >= 0.6 is 34.5 Å². The zero-order valence-electron chi connectivity index (χ0n) is 12.3. The molecule has 1 aliphatic rings. The van der Waals surface area contributed by atoms with Crippen LogP contribution < -0.4 is 4.74 Å². The van der Waals surface area contributed by atoms with E-state index in [2.05, 4.69) is 0 Å².